The number of pyridine rings is 1. The Balaban J connectivity index is 2.98. The number of aromatic nitrogens is 1. The van der Waals surface area contributed by atoms with Gasteiger partial charge >= 0.3 is 11.9 Å². The van der Waals surface area contributed by atoms with Gasteiger partial charge in [0.1, 0.15) is 6.42 Å². The van der Waals surface area contributed by atoms with E-state index < -0.39 is 24.4 Å². The molecule has 0 aliphatic heterocycles. The summed E-state index contributed by atoms with van der Waals surface area (Å²) in [6.45, 7) is 1.82. The van der Waals surface area contributed by atoms with Gasteiger partial charge < -0.3 is 10.2 Å². The van der Waals surface area contributed by atoms with Crippen LogP contribution in [0.5, 0.6) is 0 Å². The number of carboxylic acids is 2. The summed E-state index contributed by atoms with van der Waals surface area (Å²) >= 11 is 0. The third-order valence-corrected chi connectivity index (χ3v) is 1.98. The quantitative estimate of drug-likeness (QED) is 0.704. The number of aliphatic carboxylic acids is 2. The van der Waals surface area contributed by atoms with E-state index in [2.05, 4.69) is 0 Å². The average Bonchev–Trinajstić information content (AvgIpc) is 2.13. The monoisotopic (exact) mass is 210 g/mol. The number of hydrogen-bond acceptors (Lipinski definition) is 2. The lowest BCUT2D eigenvalue weighted by Gasteiger charge is -2.05. The first-order valence-corrected chi connectivity index (χ1v) is 4.42. The van der Waals surface area contributed by atoms with Gasteiger partial charge in [-0.2, -0.15) is 4.57 Å². The molecule has 0 aromatic carbocycles. The van der Waals surface area contributed by atoms with E-state index in [9.17, 15) is 9.59 Å². The van der Waals surface area contributed by atoms with Crippen molar-refractivity contribution in [2.24, 2.45) is 0 Å². The van der Waals surface area contributed by atoms with Gasteiger partial charge in [0.05, 0.1) is 0 Å². The molecule has 1 heterocycles. The first kappa shape index (κ1) is 11.2. The van der Waals surface area contributed by atoms with E-state index in [1.165, 1.54) is 4.57 Å². The van der Waals surface area contributed by atoms with Crippen molar-refractivity contribution in [3.8, 4) is 0 Å². The van der Waals surface area contributed by atoms with Gasteiger partial charge in [0, 0.05) is 11.6 Å². The maximum absolute atomic E-state index is 10.9. The Morgan fingerprint density at radius 2 is 2.13 bits per heavy atom. The Kier molecular flexibility index (Phi) is 3.38. The zero-order valence-electron chi connectivity index (χ0n) is 8.25. The molecule has 0 aliphatic rings. The van der Waals surface area contributed by atoms with Gasteiger partial charge in [0.15, 0.2) is 12.4 Å². The van der Waals surface area contributed by atoms with Crippen LogP contribution in [0.4, 0.5) is 0 Å². The molecule has 1 rings (SSSR count). The molecule has 0 radical (unpaired) electrons. The van der Waals surface area contributed by atoms with E-state index in [1.54, 1.807) is 18.5 Å². The van der Waals surface area contributed by atoms with Crippen molar-refractivity contribution in [3.63, 3.8) is 0 Å². The first-order valence-electron chi connectivity index (χ1n) is 4.42. The van der Waals surface area contributed by atoms with Gasteiger partial charge in [0.25, 0.3) is 6.04 Å². The van der Waals surface area contributed by atoms with Gasteiger partial charge in [-0.3, -0.25) is 4.79 Å². The first-order chi connectivity index (χ1) is 7.00. The van der Waals surface area contributed by atoms with Crippen LogP contribution < -0.4 is 4.57 Å². The average molecular weight is 210 g/mol. The van der Waals surface area contributed by atoms with Crippen LogP contribution in [0.25, 0.3) is 0 Å². The van der Waals surface area contributed by atoms with Crippen molar-refractivity contribution in [1.82, 2.24) is 0 Å². The summed E-state index contributed by atoms with van der Waals surface area (Å²) in [5.41, 5.74) is 0.883. The number of carboxylic acid groups (broad SMARTS) is 2. The molecule has 80 valence electrons. The van der Waals surface area contributed by atoms with E-state index in [0.29, 0.717) is 0 Å². The van der Waals surface area contributed by atoms with Crippen LogP contribution in [0.2, 0.25) is 0 Å². The smallest absolute Gasteiger partial charge is 0.374 e. The Morgan fingerprint density at radius 3 is 2.60 bits per heavy atom. The fourth-order valence-electron chi connectivity index (χ4n) is 1.29. The van der Waals surface area contributed by atoms with Crippen LogP contribution in [0, 0.1) is 6.92 Å². The number of nitrogens with zero attached hydrogens (tertiary/aromatic N) is 1. The minimum Gasteiger partial charge on any atom is -0.481 e. The molecule has 0 fully saturated rings. The molecule has 0 spiro atoms. The fraction of sp³-hybridized carbons (Fsp3) is 0.300. The Hall–Kier alpha value is -1.91. The highest BCUT2D eigenvalue weighted by Gasteiger charge is 2.29. The predicted octanol–water partition coefficient (Wildman–Crippen LogP) is 0.383. The molecule has 1 unspecified atom stereocenters. The highest BCUT2D eigenvalue weighted by Crippen LogP contribution is 2.04. The summed E-state index contributed by atoms with van der Waals surface area (Å²) in [4.78, 5) is 21.4. The maximum atomic E-state index is 10.9. The summed E-state index contributed by atoms with van der Waals surface area (Å²) in [5, 5.41) is 17.5. The normalized spacial score (nSPS) is 12.1. The van der Waals surface area contributed by atoms with Crippen molar-refractivity contribution in [2.45, 2.75) is 19.4 Å². The molecule has 1 atom stereocenters. The SMILES string of the molecule is Cc1ccc[n+](C(CC(=O)O)C(=O)O)c1. The van der Waals surface area contributed by atoms with Crippen molar-refractivity contribution >= 4 is 11.9 Å². The van der Waals surface area contributed by atoms with E-state index in [0.717, 1.165) is 5.56 Å². The van der Waals surface area contributed by atoms with Crippen LogP contribution in [-0.2, 0) is 9.59 Å². The summed E-state index contributed by atoms with van der Waals surface area (Å²) < 4.78 is 1.39. The van der Waals surface area contributed by atoms with Crippen LogP contribution in [0.1, 0.15) is 18.0 Å². The zero-order valence-corrected chi connectivity index (χ0v) is 8.25. The number of rotatable bonds is 4. The molecule has 5 heteroatoms. The third kappa shape index (κ3) is 3.05. The lowest BCUT2D eigenvalue weighted by molar-refractivity contribution is -0.710. The second-order valence-electron chi connectivity index (χ2n) is 3.28. The largest absolute Gasteiger partial charge is 0.481 e. The van der Waals surface area contributed by atoms with Gasteiger partial charge in [-0.05, 0) is 13.0 Å². The Labute approximate surface area is 86.6 Å². The van der Waals surface area contributed by atoms with Crippen molar-refractivity contribution in [2.75, 3.05) is 0 Å². The topological polar surface area (TPSA) is 78.5 Å². The molecule has 0 bridgehead atoms. The molecule has 0 saturated heterocycles. The molecule has 0 saturated carbocycles. The maximum Gasteiger partial charge on any atom is 0.374 e. The summed E-state index contributed by atoms with van der Waals surface area (Å²) in [6.07, 6.45) is 2.74. The molecular formula is C10H12NO4+. The van der Waals surface area contributed by atoms with Crippen molar-refractivity contribution < 1.29 is 24.4 Å². The Bertz CT molecular complexity index is 389. The standard InChI is InChI=1S/C10H11NO4/c1-7-3-2-4-11(6-7)8(10(14)15)5-9(12)13/h2-4,6,8H,5H2,1H3,(H-,12,13,14,15)/p+1. The van der Waals surface area contributed by atoms with E-state index in [-0.39, 0.29) is 0 Å². The zero-order chi connectivity index (χ0) is 11.4. The van der Waals surface area contributed by atoms with Crippen LogP contribution in [-0.4, -0.2) is 22.2 Å². The highest BCUT2D eigenvalue weighted by atomic mass is 16.4. The number of aryl methyl sites for hydroxylation is 1. The van der Waals surface area contributed by atoms with Gasteiger partial charge in [-0.1, -0.05) is 0 Å². The summed E-state index contributed by atoms with van der Waals surface area (Å²) in [7, 11) is 0. The lowest BCUT2D eigenvalue weighted by Crippen LogP contribution is -2.44. The van der Waals surface area contributed by atoms with E-state index in [4.69, 9.17) is 10.2 Å². The molecule has 0 aliphatic carbocycles. The Morgan fingerprint density at radius 1 is 1.47 bits per heavy atom. The molecule has 0 amide bonds. The van der Waals surface area contributed by atoms with Gasteiger partial charge in [-0.15, -0.1) is 0 Å². The molecule has 1 aromatic rings. The van der Waals surface area contributed by atoms with Gasteiger partial charge in [0.2, 0.25) is 0 Å². The lowest BCUT2D eigenvalue weighted by atomic mass is 10.2. The van der Waals surface area contributed by atoms with E-state index in [1.807, 2.05) is 13.0 Å². The minimum absolute atomic E-state index is 0.427. The van der Waals surface area contributed by atoms with Crippen molar-refractivity contribution in [1.29, 1.82) is 0 Å². The van der Waals surface area contributed by atoms with Crippen molar-refractivity contribution in [3.05, 3.63) is 30.1 Å². The summed E-state index contributed by atoms with van der Waals surface area (Å²) in [5.74, 6) is -2.27. The van der Waals surface area contributed by atoms with Crippen LogP contribution in [0.3, 0.4) is 0 Å². The van der Waals surface area contributed by atoms with Crippen LogP contribution in [0.15, 0.2) is 24.5 Å². The molecular weight excluding hydrogens is 198 g/mol. The second kappa shape index (κ2) is 4.54. The van der Waals surface area contributed by atoms with E-state index >= 15 is 0 Å². The highest BCUT2D eigenvalue weighted by molar-refractivity contribution is 5.77. The van der Waals surface area contributed by atoms with Crippen LogP contribution >= 0.6 is 0 Å². The molecule has 5 nitrogen and oxygen atoms in total. The number of hydrogen-bond donors (Lipinski definition) is 2. The predicted molar refractivity (Wildman–Crippen MR) is 50.3 cm³/mol. The molecule has 1 aromatic heterocycles. The second-order valence-corrected chi connectivity index (χ2v) is 3.28. The summed E-state index contributed by atoms with van der Waals surface area (Å²) in [6, 6.07) is 2.45. The minimum atomic E-state index is -1.15. The third-order valence-electron chi connectivity index (χ3n) is 1.98. The number of carbonyl (C=O) groups is 2. The molecule has 2 N–H and O–H groups in total. The van der Waals surface area contributed by atoms with Gasteiger partial charge in [-0.25, -0.2) is 4.79 Å². The fourth-order valence-corrected chi connectivity index (χ4v) is 1.29. The molecule has 15 heavy (non-hydrogen) atoms.